The first kappa shape index (κ1) is 0.914. The van der Waals surface area contributed by atoms with E-state index < -0.39 is 26.7 Å². The van der Waals surface area contributed by atoms with Gasteiger partial charge in [0.25, 0.3) is 0 Å². The molecule has 0 bridgehead atoms. The topological polar surface area (TPSA) is 12.0 Å². The van der Waals surface area contributed by atoms with Crippen LogP contribution in [-0.4, -0.2) is 13.0 Å². The molecule has 0 amide bonds. The van der Waals surface area contributed by atoms with Crippen LogP contribution >= 0.6 is 17.0 Å². The maximum Gasteiger partial charge on any atom is 0.0425 e. The fraction of sp³-hybridized carbons (Fsp3) is 1.00. The molecule has 0 saturated heterocycles. The van der Waals surface area contributed by atoms with E-state index in [1.165, 1.54) is 5.32 Å². The van der Waals surface area contributed by atoms with Crippen LogP contribution in [0.3, 0.4) is 0 Å². The van der Waals surface area contributed by atoms with Gasteiger partial charge >= 0.3 is 0 Å². The lowest BCUT2D eigenvalue weighted by atomic mass is 10.7. The molecule has 0 aliphatic carbocycles. The van der Waals surface area contributed by atoms with Gasteiger partial charge in [0.05, 0.1) is 0 Å². The van der Waals surface area contributed by atoms with Gasteiger partial charge in [0.1, 0.15) is 0 Å². The van der Waals surface area contributed by atoms with Crippen LogP contribution in [0.2, 0.25) is 0 Å². The van der Waals surface area contributed by atoms with E-state index in [0.29, 0.717) is 0 Å². The van der Waals surface area contributed by atoms with Gasteiger partial charge < -0.3 is 5.32 Å². The summed E-state index contributed by atoms with van der Waals surface area (Å²) in [6.45, 7) is -12.5. The maximum atomic E-state index is 7.02. The Balaban J connectivity index is 0. The minimum atomic E-state index is -3.15. The van der Waals surface area contributed by atoms with Gasteiger partial charge in [0.15, 0.2) is 0 Å². The third-order valence-corrected chi connectivity index (χ3v) is 0.125. The lowest BCUT2D eigenvalue weighted by Gasteiger charge is -1.86. The Kier molecular flexibility index (Phi) is 1.38. The van der Waals surface area contributed by atoms with E-state index >= 15 is 0 Å². The molecule has 0 atom stereocenters. The zero-order valence-electron chi connectivity index (χ0n) is 12.9. The predicted molar refractivity (Wildman–Crippen MR) is 34.5 cm³/mol. The summed E-state index contributed by atoms with van der Waals surface area (Å²) >= 11 is 0. The van der Waals surface area contributed by atoms with Gasteiger partial charge in [0, 0.05) is 13.7 Å². The van der Waals surface area contributed by atoms with E-state index in [2.05, 4.69) is 0 Å². The van der Waals surface area contributed by atoms with E-state index in [1.54, 1.807) is 0 Å². The largest absolute Gasteiger partial charge is 0.317 e. The summed E-state index contributed by atoms with van der Waals surface area (Å²) in [5.74, 6) is 0. The van der Waals surface area contributed by atoms with E-state index in [-0.39, 0.29) is 17.0 Å². The van der Waals surface area contributed by atoms with Crippen molar-refractivity contribution in [2.75, 3.05) is 13.0 Å². The second kappa shape index (κ2) is 9.06. The number of halogens is 1. The normalized spacial score (nSPS) is 40.7. The highest BCUT2D eigenvalue weighted by Gasteiger charge is 1.62. The highest BCUT2D eigenvalue weighted by Crippen LogP contribution is 1.47. The lowest BCUT2D eigenvalue weighted by Crippen LogP contribution is -2.09. The van der Waals surface area contributed by atoms with Crippen molar-refractivity contribution in [1.82, 2.24) is 5.32 Å². The highest BCUT2D eigenvalue weighted by molar-refractivity contribution is 8.93. The predicted octanol–water partition coefficient (Wildman–Crippen LogP) is 1.19. The van der Waals surface area contributed by atoms with Crippen LogP contribution in [0.15, 0.2) is 0 Å². The van der Waals surface area contributed by atoms with Crippen molar-refractivity contribution in [2.45, 2.75) is 13.7 Å². The molecule has 0 saturated carbocycles. The zero-order chi connectivity index (χ0) is 12.7. The Labute approximate surface area is 63.9 Å². The molecule has 0 fully saturated rings. The Morgan fingerprint density at radius 3 is 2.50 bits per heavy atom. The van der Waals surface area contributed by atoms with E-state index in [9.17, 15) is 0 Å². The van der Waals surface area contributed by atoms with E-state index in [1.807, 2.05) is 0 Å². The molecule has 0 aromatic rings. The molecule has 2 heteroatoms. The molecule has 0 aromatic carbocycles. The summed E-state index contributed by atoms with van der Waals surface area (Å²) < 4.78 is 68.7. The molecule has 0 aliphatic rings. The Hall–Kier alpha value is 0.440. The fourth-order valence-electron chi connectivity index (χ4n) is 0.0312. The molecule has 1 nitrogen and oxygen atoms in total. The molecule has 0 radical (unpaired) electrons. The molecule has 6 heavy (non-hydrogen) atoms. The van der Waals surface area contributed by atoms with Crippen LogP contribution in [0.5, 0.6) is 0 Å². The lowest BCUT2D eigenvalue weighted by molar-refractivity contribution is 0.762. The summed E-state index contributed by atoms with van der Waals surface area (Å²) in [5.41, 5.74) is 0. The third-order valence-electron chi connectivity index (χ3n) is 0.125. The number of rotatable bonds is 2. The van der Waals surface area contributed by atoms with E-state index in [4.69, 9.17) is 13.7 Å². The van der Waals surface area contributed by atoms with Gasteiger partial charge in [0.2, 0.25) is 0 Å². The van der Waals surface area contributed by atoms with Gasteiger partial charge in [-0.25, -0.2) is 0 Å². The van der Waals surface area contributed by atoms with Crippen LogP contribution < -0.4 is 5.32 Å². The summed E-state index contributed by atoms with van der Waals surface area (Å²) in [7, 11) is 0. The fourth-order valence-corrected chi connectivity index (χ4v) is 0.0312. The quantitative estimate of drug-likeness (QED) is 0.646. The summed E-state index contributed by atoms with van der Waals surface area (Å²) in [5, 5.41) is 1.35. The Morgan fingerprint density at radius 2 is 2.17 bits per heavy atom. The van der Waals surface area contributed by atoms with Gasteiger partial charge in [-0.05, 0) is 13.0 Å². The number of nitrogens with one attached hydrogen (secondary N) is 1. The summed E-state index contributed by atoms with van der Waals surface area (Å²) in [6, 6.07) is 0. The number of hydrogen-bond acceptors (Lipinski definition) is 1. The van der Waals surface area contributed by atoms with Crippen molar-refractivity contribution < 1.29 is 13.7 Å². The van der Waals surface area contributed by atoms with Crippen molar-refractivity contribution in [3.05, 3.63) is 0 Å². The smallest absolute Gasteiger partial charge is 0.0425 e. The van der Waals surface area contributed by atoms with Crippen molar-refractivity contribution in [3.63, 3.8) is 0 Å². The molecule has 0 spiro atoms. The molecule has 40 valence electrons. The van der Waals surface area contributed by atoms with Gasteiger partial charge in [-0.3, -0.25) is 0 Å². The molecule has 0 aliphatic heterocycles. The first-order chi connectivity index (χ1) is 6.21. The monoisotopic (exact) mass is 163 g/mol. The van der Waals surface area contributed by atoms with Crippen molar-refractivity contribution in [3.8, 4) is 0 Å². The first-order valence-corrected chi connectivity index (χ1v) is 1.00. The third kappa shape index (κ3) is 8.83. The highest BCUT2D eigenvalue weighted by atomic mass is 79.9. The van der Waals surface area contributed by atoms with Crippen LogP contribution in [0.4, 0.5) is 0 Å². The van der Waals surface area contributed by atoms with Gasteiger partial charge in [-0.1, -0.05) is 13.7 Å². The van der Waals surface area contributed by atoms with Crippen LogP contribution in [0.25, 0.3) is 0 Å². The maximum absolute atomic E-state index is 7.02. The Morgan fingerprint density at radius 1 is 1.67 bits per heavy atom. The standard InChI is InChI=1S/C4H11N.BrH/c1-3-5-4-2;/h5H,3-4H2,1-2H3;1H/i1D3,2D3,3D2,4D2;. The minimum Gasteiger partial charge on any atom is -0.317 e. The van der Waals surface area contributed by atoms with Crippen molar-refractivity contribution in [1.29, 1.82) is 0 Å². The Bertz CT molecular complexity index is 204. The SMILES string of the molecule is Br.[2H]C([2H])([2H])C([2H])([2H])NC([2H])([2H])C([2H])([2H])[2H]. The van der Waals surface area contributed by atoms with Crippen molar-refractivity contribution in [2.24, 2.45) is 0 Å². The van der Waals surface area contributed by atoms with E-state index in [0.717, 1.165) is 0 Å². The molecule has 1 N–H and O–H groups in total. The van der Waals surface area contributed by atoms with Gasteiger partial charge in [-0.15, -0.1) is 17.0 Å². The molecule has 0 aromatic heterocycles. The van der Waals surface area contributed by atoms with Crippen molar-refractivity contribution >= 4 is 17.0 Å². The molecule has 0 heterocycles. The first-order valence-electron chi connectivity index (χ1n) is 6.00. The summed E-state index contributed by atoms with van der Waals surface area (Å²) in [6.07, 6.45) is 0. The van der Waals surface area contributed by atoms with Crippen LogP contribution in [0, 0.1) is 0 Å². The molecular formula is C4H12BrN. The average molecular weight is 164 g/mol. The molecule has 0 rings (SSSR count). The minimum absolute atomic E-state index is 0. The summed E-state index contributed by atoms with van der Waals surface area (Å²) in [4.78, 5) is 0. The second-order valence-electron chi connectivity index (χ2n) is 0.375. The van der Waals surface area contributed by atoms with Gasteiger partial charge in [-0.2, -0.15) is 0 Å². The second-order valence-corrected chi connectivity index (χ2v) is 0.375. The van der Waals surface area contributed by atoms with Crippen LogP contribution in [-0.2, 0) is 0 Å². The average Bonchev–Trinajstić information content (AvgIpc) is 1.77. The molecular weight excluding hydrogens is 142 g/mol. The van der Waals surface area contributed by atoms with Crippen LogP contribution in [0.1, 0.15) is 27.4 Å². The molecule has 0 unspecified atom stereocenters. The zero-order valence-corrected chi connectivity index (χ0v) is 4.62. The number of hydrogen-bond donors (Lipinski definition) is 1.